The Labute approximate surface area is 127 Å². The van der Waals surface area contributed by atoms with E-state index in [1.54, 1.807) is 0 Å². The van der Waals surface area contributed by atoms with Gasteiger partial charge < -0.3 is 15.5 Å². The van der Waals surface area contributed by atoms with Crippen LogP contribution >= 0.6 is 0 Å². The summed E-state index contributed by atoms with van der Waals surface area (Å²) in [5.41, 5.74) is 5.50. The molecule has 5 nitrogen and oxygen atoms in total. The summed E-state index contributed by atoms with van der Waals surface area (Å²) in [5.74, 6) is 0. The maximum absolute atomic E-state index is 11.8. The van der Waals surface area contributed by atoms with Crippen molar-refractivity contribution in [2.45, 2.75) is 71.6 Å². The van der Waals surface area contributed by atoms with Crippen LogP contribution in [0.25, 0.3) is 0 Å². The molecule has 0 aromatic carbocycles. The summed E-state index contributed by atoms with van der Waals surface area (Å²) in [6.07, 6.45) is 2.64. The van der Waals surface area contributed by atoms with Crippen molar-refractivity contribution < 1.29 is 9.53 Å². The van der Waals surface area contributed by atoms with Gasteiger partial charge in [0.15, 0.2) is 0 Å². The average Bonchev–Trinajstić information content (AvgIpc) is 2.88. The molecule has 2 rings (SSSR count). The molecular formula is C16H27N3O2. The van der Waals surface area contributed by atoms with Crippen molar-refractivity contribution in [3.8, 4) is 0 Å². The summed E-state index contributed by atoms with van der Waals surface area (Å²) < 4.78 is 7.43. The molecule has 2 atom stereocenters. The van der Waals surface area contributed by atoms with Crippen molar-refractivity contribution >= 4 is 6.09 Å². The first-order chi connectivity index (χ1) is 9.74. The minimum atomic E-state index is -0.445. The molecule has 2 N–H and O–H groups in total. The first-order valence-corrected chi connectivity index (χ1v) is 7.65. The van der Waals surface area contributed by atoms with Crippen molar-refractivity contribution in [3.05, 3.63) is 23.5 Å². The van der Waals surface area contributed by atoms with Gasteiger partial charge in [-0.05, 0) is 66.0 Å². The van der Waals surface area contributed by atoms with Crippen LogP contribution in [-0.2, 0) is 4.74 Å². The van der Waals surface area contributed by atoms with Crippen LogP contribution in [0.3, 0.4) is 0 Å². The molecule has 21 heavy (non-hydrogen) atoms. The van der Waals surface area contributed by atoms with Gasteiger partial charge in [-0.1, -0.05) is 0 Å². The SMILES string of the molecule is Cc1ccc(C)n1NC1CCC(NC(=O)OC(C)(C)C)C1. The lowest BCUT2D eigenvalue weighted by atomic mass is 10.2. The Balaban J connectivity index is 1.83. The van der Waals surface area contributed by atoms with Crippen LogP contribution in [0, 0.1) is 13.8 Å². The van der Waals surface area contributed by atoms with Gasteiger partial charge in [0.05, 0.1) is 0 Å². The van der Waals surface area contributed by atoms with Crippen LogP contribution in [-0.4, -0.2) is 28.5 Å². The highest BCUT2D eigenvalue weighted by atomic mass is 16.6. The van der Waals surface area contributed by atoms with E-state index in [1.807, 2.05) is 20.8 Å². The molecule has 0 aliphatic heterocycles. The van der Waals surface area contributed by atoms with Gasteiger partial charge in [0.1, 0.15) is 5.60 Å². The highest BCUT2D eigenvalue weighted by Crippen LogP contribution is 2.21. The molecule has 0 radical (unpaired) electrons. The maximum Gasteiger partial charge on any atom is 0.407 e. The second-order valence-corrected chi connectivity index (χ2v) is 6.93. The largest absolute Gasteiger partial charge is 0.444 e. The van der Waals surface area contributed by atoms with Crippen LogP contribution in [0.5, 0.6) is 0 Å². The third kappa shape index (κ3) is 4.41. The Morgan fingerprint density at radius 3 is 2.33 bits per heavy atom. The van der Waals surface area contributed by atoms with Crippen LogP contribution < -0.4 is 10.7 Å². The third-order valence-electron chi connectivity index (χ3n) is 3.74. The smallest absolute Gasteiger partial charge is 0.407 e. The van der Waals surface area contributed by atoms with E-state index < -0.39 is 5.60 Å². The molecule has 1 saturated carbocycles. The van der Waals surface area contributed by atoms with Gasteiger partial charge in [-0.3, -0.25) is 4.68 Å². The standard InChI is InChI=1S/C16H27N3O2/c1-11-6-7-12(2)19(11)18-14-9-8-13(10-14)17-15(20)21-16(3,4)5/h6-7,13-14,18H,8-10H2,1-5H3,(H,17,20). The summed E-state index contributed by atoms with van der Waals surface area (Å²) in [5, 5.41) is 2.96. The van der Waals surface area contributed by atoms with Gasteiger partial charge in [0.2, 0.25) is 0 Å². The first-order valence-electron chi connectivity index (χ1n) is 7.65. The molecule has 1 aromatic heterocycles. The fourth-order valence-corrected chi connectivity index (χ4v) is 2.76. The van der Waals surface area contributed by atoms with Crippen LogP contribution in [0.1, 0.15) is 51.4 Å². The number of aryl methyl sites for hydroxylation is 2. The minimum absolute atomic E-state index is 0.188. The predicted octanol–water partition coefficient (Wildman–Crippen LogP) is 3.09. The van der Waals surface area contributed by atoms with Crippen molar-refractivity contribution in [2.75, 3.05) is 5.43 Å². The van der Waals surface area contributed by atoms with Crippen molar-refractivity contribution in [1.29, 1.82) is 0 Å². The van der Waals surface area contributed by atoms with Crippen molar-refractivity contribution in [3.63, 3.8) is 0 Å². The van der Waals surface area contributed by atoms with E-state index in [4.69, 9.17) is 4.74 Å². The number of ether oxygens (including phenoxy) is 1. The number of alkyl carbamates (subject to hydrolysis) is 1. The van der Waals surface area contributed by atoms with Gasteiger partial charge in [-0.25, -0.2) is 4.79 Å². The number of hydrogen-bond donors (Lipinski definition) is 2. The molecule has 0 saturated heterocycles. The Morgan fingerprint density at radius 2 is 1.76 bits per heavy atom. The fourth-order valence-electron chi connectivity index (χ4n) is 2.76. The second-order valence-electron chi connectivity index (χ2n) is 6.93. The van der Waals surface area contributed by atoms with E-state index in [0.717, 1.165) is 19.3 Å². The van der Waals surface area contributed by atoms with Crippen LogP contribution in [0.4, 0.5) is 4.79 Å². The molecular weight excluding hydrogens is 266 g/mol. The molecule has 1 aliphatic rings. The van der Waals surface area contributed by atoms with E-state index in [2.05, 4.69) is 41.4 Å². The summed E-state index contributed by atoms with van der Waals surface area (Å²) in [4.78, 5) is 11.8. The number of carbonyl (C=O) groups is 1. The van der Waals surface area contributed by atoms with E-state index in [-0.39, 0.29) is 12.1 Å². The Bertz CT molecular complexity index is 483. The van der Waals surface area contributed by atoms with E-state index in [0.29, 0.717) is 6.04 Å². The second kappa shape index (κ2) is 6.00. The van der Waals surface area contributed by atoms with Gasteiger partial charge >= 0.3 is 6.09 Å². The number of nitrogens with zero attached hydrogens (tertiary/aromatic N) is 1. The molecule has 1 heterocycles. The summed E-state index contributed by atoms with van der Waals surface area (Å²) >= 11 is 0. The lowest BCUT2D eigenvalue weighted by Crippen LogP contribution is -2.38. The Kier molecular flexibility index (Phi) is 4.49. The Hall–Kier alpha value is -1.65. The molecule has 0 spiro atoms. The van der Waals surface area contributed by atoms with E-state index in [1.165, 1.54) is 11.4 Å². The minimum Gasteiger partial charge on any atom is -0.444 e. The zero-order valence-corrected chi connectivity index (χ0v) is 13.7. The number of nitrogens with one attached hydrogen (secondary N) is 2. The highest BCUT2D eigenvalue weighted by Gasteiger charge is 2.28. The quantitative estimate of drug-likeness (QED) is 0.900. The van der Waals surface area contributed by atoms with E-state index in [9.17, 15) is 4.79 Å². The molecule has 5 heteroatoms. The zero-order valence-electron chi connectivity index (χ0n) is 13.7. The number of amides is 1. The monoisotopic (exact) mass is 293 g/mol. The van der Waals surface area contributed by atoms with Gasteiger partial charge in [-0.2, -0.15) is 0 Å². The topological polar surface area (TPSA) is 55.3 Å². The summed E-state index contributed by atoms with van der Waals surface area (Å²) in [7, 11) is 0. The normalized spacial score (nSPS) is 22.1. The zero-order chi connectivity index (χ0) is 15.6. The van der Waals surface area contributed by atoms with Gasteiger partial charge in [0, 0.05) is 23.5 Å². The summed E-state index contributed by atoms with van der Waals surface area (Å²) in [6.45, 7) is 9.81. The predicted molar refractivity (Wildman–Crippen MR) is 84.1 cm³/mol. The molecule has 0 bridgehead atoms. The average molecular weight is 293 g/mol. The molecule has 1 amide bonds. The fraction of sp³-hybridized carbons (Fsp3) is 0.688. The molecule has 1 fully saturated rings. The lowest BCUT2D eigenvalue weighted by molar-refractivity contribution is 0.0505. The third-order valence-corrected chi connectivity index (χ3v) is 3.74. The number of hydrogen-bond acceptors (Lipinski definition) is 3. The number of carbonyl (C=O) groups excluding carboxylic acids is 1. The number of aromatic nitrogens is 1. The summed E-state index contributed by atoms with van der Waals surface area (Å²) in [6, 6.07) is 4.78. The van der Waals surface area contributed by atoms with Crippen LogP contribution in [0.15, 0.2) is 12.1 Å². The molecule has 118 valence electrons. The van der Waals surface area contributed by atoms with Crippen molar-refractivity contribution in [1.82, 2.24) is 9.99 Å². The maximum atomic E-state index is 11.8. The van der Waals surface area contributed by atoms with E-state index >= 15 is 0 Å². The highest BCUT2D eigenvalue weighted by molar-refractivity contribution is 5.68. The number of rotatable bonds is 3. The van der Waals surface area contributed by atoms with Crippen molar-refractivity contribution in [2.24, 2.45) is 0 Å². The molecule has 1 aliphatic carbocycles. The molecule has 2 unspecified atom stereocenters. The van der Waals surface area contributed by atoms with Gasteiger partial charge in [0.25, 0.3) is 0 Å². The molecule has 1 aromatic rings. The van der Waals surface area contributed by atoms with Gasteiger partial charge in [-0.15, -0.1) is 0 Å². The first kappa shape index (κ1) is 15.7. The Morgan fingerprint density at radius 1 is 1.19 bits per heavy atom. The lowest BCUT2D eigenvalue weighted by Gasteiger charge is -2.22. The van der Waals surface area contributed by atoms with Crippen LogP contribution in [0.2, 0.25) is 0 Å².